The number of piperidine rings is 1. The standard InChI is InChI=1S/C16H17N3O2S/c20-16(6-5-14-4-2-10-22-14)19-9-1-3-13(12-19)21-15-11-17-7-8-18-15/h2,4-8,10-11,13H,1,3,9,12H2/b6-5+/t13-/m0/s1. The molecule has 0 aromatic carbocycles. The van der Waals surface area contributed by atoms with Crippen LogP contribution < -0.4 is 4.74 Å². The molecular formula is C16H17N3O2S. The van der Waals surface area contributed by atoms with Crippen molar-refractivity contribution in [1.82, 2.24) is 14.9 Å². The number of amides is 1. The first-order valence-corrected chi connectivity index (χ1v) is 8.12. The Morgan fingerprint density at radius 2 is 2.41 bits per heavy atom. The molecule has 6 heteroatoms. The van der Waals surface area contributed by atoms with Crippen LogP contribution in [-0.4, -0.2) is 40.0 Å². The van der Waals surface area contributed by atoms with E-state index in [0.29, 0.717) is 12.4 Å². The highest BCUT2D eigenvalue weighted by atomic mass is 32.1. The van der Waals surface area contributed by atoms with Gasteiger partial charge in [0.15, 0.2) is 0 Å². The van der Waals surface area contributed by atoms with E-state index in [4.69, 9.17) is 4.74 Å². The van der Waals surface area contributed by atoms with E-state index in [-0.39, 0.29) is 12.0 Å². The molecule has 1 fully saturated rings. The van der Waals surface area contributed by atoms with Gasteiger partial charge in [-0.05, 0) is 30.4 Å². The molecule has 1 saturated heterocycles. The number of ether oxygens (including phenoxy) is 1. The van der Waals surface area contributed by atoms with Crippen molar-refractivity contribution in [3.8, 4) is 5.88 Å². The molecule has 0 saturated carbocycles. The fraction of sp³-hybridized carbons (Fsp3) is 0.312. The number of hydrogen-bond donors (Lipinski definition) is 0. The molecule has 5 nitrogen and oxygen atoms in total. The Kier molecular flexibility index (Phi) is 4.80. The molecule has 1 atom stereocenters. The molecule has 1 aliphatic heterocycles. The molecule has 0 bridgehead atoms. The normalized spacial score (nSPS) is 18.5. The molecule has 0 radical (unpaired) electrons. The molecule has 2 aromatic rings. The van der Waals surface area contributed by atoms with Crippen LogP contribution in [0, 0.1) is 0 Å². The van der Waals surface area contributed by atoms with Gasteiger partial charge in [-0.1, -0.05) is 6.07 Å². The van der Waals surface area contributed by atoms with E-state index in [0.717, 1.165) is 24.3 Å². The van der Waals surface area contributed by atoms with Gasteiger partial charge in [-0.3, -0.25) is 9.78 Å². The average molecular weight is 315 g/mol. The summed E-state index contributed by atoms with van der Waals surface area (Å²) in [5.41, 5.74) is 0. The van der Waals surface area contributed by atoms with Crippen LogP contribution in [0.25, 0.3) is 6.08 Å². The van der Waals surface area contributed by atoms with Crippen LogP contribution in [0.4, 0.5) is 0 Å². The Balaban J connectivity index is 1.57. The molecule has 0 unspecified atom stereocenters. The minimum Gasteiger partial charge on any atom is -0.471 e. The maximum atomic E-state index is 12.3. The average Bonchev–Trinajstić information content (AvgIpc) is 3.07. The van der Waals surface area contributed by atoms with Crippen molar-refractivity contribution in [2.75, 3.05) is 13.1 Å². The van der Waals surface area contributed by atoms with Gasteiger partial charge in [-0.25, -0.2) is 4.98 Å². The van der Waals surface area contributed by atoms with Gasteiger partial charge in [0.1, 0.15) is 6.10 Å². The topological polar surface area (TPSA) is 55.3 Å². The van der Waals surface area contributed by atoms with E-state index in [1.807, 2.05) is 28.5 Å². The van der Waals surface area contributed by atoms with Crippen molar-refractivity contribution in [2.24, 2.45) is 0 Å². The fourth-order valence-electron chi connectivity index (χ4n) is 2.40. The number of thiophene rings is 1. The predicted molar refractivity (Wildman–Crippen MR) is 85.6 cm³/mol. The van der Waals surface area contributed by atoms with E-state index < -0.39 is 0 Å². The second kappa shape index (κ2) is 7.17. The molecule has 1 amide bonds. The van der Waals surface area contributed by atoms with Crippen LogP contribution in [0.5, 0.6) is 5.88 Å². The molecule has 0 spiro atoms. The number of nitrogens with zero attached hydrogens (tertiary/aromatic N) is 3. The number of carbonyl (C=O) groups excluding carboxylic acids is 1. The third-order valence-corrected chi connectivity index (χ3v) is 4.29. The third kappa shape index (κ3) is 3.92. The predicted octanol–water partition coefficient (Wildman–Crippen LogP) is 2.62. The lowest BCUT2D eigenvalue weighted by Crippen LogP contribution is -2.43. The maximum Gasteiger partial charge on any atom is 0.246 e. The van der Waals surface area contributed by atoms with Gasteiger partial charge in [0, 0.05) is 29.9 Å². The van der Waals surface area contributed by atoms with Gasteiger partial charge in [0.25, 0.3) is 0 Å². The zero-order valence-electron chi connectivity index (χ0n) is 12.1. The van der Waals surface area contributed by atoms with E-state index in [1.54, 1.807) is 36.0 Å². The lowest BCUT2D eigenvalue weighted by Gasteiger charge is -2.31. The Morgan fingerprint density at radius 3 is 3.18 bits per heavy atom. The van der Waals surface area contributed by atoms with Gasteiger partial charge in [0.05, 0.1) is 12.7 Å². The highest BCUT2D eigenvalue weighted by Crippen LogP contribution is 2.17. The second-order valence-electron chi connectivity index (χ2n) is 5.06. The Morgan fingerprint density at radius 1 is 1.45 bits per heavy atom. The molecular weight excluding hydrogens is 298 g/mol. The Hall–Kier alpha value is -2.21. The largest absolute Gasteiger partial charge is 0.471 e. The minimum atomic E-state index is -0.0236. The van der Waals surface area contributed by atoms with Gasteiger partial charge in [0.2, 0.25) is 11.8 Å². The van der Waals surface area contributed by atoms with Crippen LogP contribution in [0.3, 0.4) is 0 Å². The summed E-state index contributed by atoms with van der Waals surface area (Å²) in [6, 6.07) is 3.96. The zero-order chi connectivity index (χ0) is 15.2. The summed E-state index contributed by atoms with van der Waals surface area (Å²) in [7, 11) is 0. The lowest BCUT2D eigenvalue weighted by atomic mass is 10.1. The van der Waals surface area contributed by atoms with Crippen molar-refractivity contribution < 1.29 is 9.53 Å². The number of aromatic nitrogens is 2. The molecule has 22 heavy (non-hydrogen) atoms. The summed E-state index contributed by atoms with van der Waals surface area (Å²) < 4.78 is 5.80. The van der Waals surface area contributed by atoms with Crippen LogP contribution in [0.1, 0.15) is 17.7 Å². The van der Waals surface area contributed by atoms with Crippen LogP contribution >= 0.6 is 11.3 Å². The lowest BCUT2D eigenvalue weighted by molar-refractivity contribution is -0.128. The smallest absolute Gasteiger partial charge is 0.246 e. The van der Waals surface area contributed by atoms with E-state index in [9.17, 15) is 4.79 Å². The Labute approximate surface area is 133 Å². The second-order valence-corrected chi connectivity index (χ2v) is 6.04. The van der Waals surface area contributed by atoms with Crippen molar-refractivity contribution >= 4 is 23.3 Å². The Bertz CT molecular complexity index is 628. The molecule has 2 aromatic heterocycles. The highest BCUT2D eigenvalue weighted by Gasteiger charge is 2.24. The summed E-state index contributed by atoms with van der Waals surface area (Å²) >= 11 is 1.62. The van der Waals surface area contributed by atoms with Gasteiger partial charge in [-0.15, -0.1) is 11.3 Å². The monoisotopic (exact) mass is 315 g/mol. The number of hydrogen-bond acceptors (Lipinski definition) is 5. The first kappa shape index (κ1) is 14.7. The van der Waals surface area contributed by atoms with Gasteiger partial charge < -0.3 is 9.64 Å². The van der Waals surface area contributed by atoms with Crippen LogP contribution in [0.15, 0.2) is 42.2 Å². The summed E-state index contributed by atoms with van der Waals surface area (Å²) in [4.78, 5) is 23.3. The summed E-state index contributed by atoms with van der Waals surface area (Å²) in [6.45, 7) is 1.36. The maximum absolute atomic E-state index is 12.3. The summed E-state index contributed by atoms with van der Waals surface area (Å²) in [5, 5.41) is 2.00. The number of carbonyl (C=O) groups is 1. The molecule has 114 valence electrons. The number of likely N-dealkylation sites (tertiary alicyclic amines) is 1. The molecule has 3 rings (SSSR count). The van der Waals surface area contributed by atoms with Crippen LogP contribution in [0.2, 0.25) is 0 Å². The zero-order valence-corrected chi connectivity index (χ0v) is 12.9. The quantitative estimate of drug-likeness (QED) is 0.814. The fourth-order valence-corrected chi connectivity index (χ4v) is 3.01. The van der Waals surface area contributed by atoms with Crippen molar-refractivity contribution in [3.05, 3.63) is 47.1 Å². The molecule has 0 aliphatic carbocycles. The minimum absolute atomic E-state index is 0.0236. The highest BCUT2D eigenvalue weighted by molar-refractivity contribution is 7.10. The summed E-state index contributed by atoms with van der Waals surface area (Å²) in [6.07, 6.45) is 10.1. The first-order valence-electron chi connectivity index (χ1n) is 7.24. The molecule has 3 heterocycles. The van der Waals surface area contributed by atoms with Crippen LogP contribution in [-0.2, 0) is 4.79 Å². The summed E-state index contributed by atoms with van der Waals surface area (Å²) in [5.74, 6) is 0.539. The first-order chi connectivity index (χ1) is 10.8. The van der Waals surface area contributed by atoms with E-state index >= 15 is 0 Å². The van der Waals surface area contributed by atoms with Crippen molar-refractivity contribution in [1.29, 1.82) is 0 Å². The van der Waals surface area contributed by atoms with Crippen molar-refractivity contribution in [3.63, 3.8) is 0 Å². The van der Waals surface area contributed by atoms with Gasteiger partial charge >= 0.3 is 0 Å². The molecule has 0 N–H and O–H groups in total. The van der Waals surface area contributed by atoms with E-state index in [2.05, 4.69) is 9.97 Å². The van der Waals surface area contributed by atoms with Gasteiger partial charge in [-0.2, -0.15) is 0 Å². The van der Waals surface area contributed by atoms with Crippen molar-refractivity contribution in [2.45, 2.75) is 18.9 Å². The van der Waals surface area contributed by atoms with E-state index in [1.165, 1.54) is 0 Å². The molecule has 1 aliphatic rings. The number of rotatable bonds is 4. The third-order valence-electron chi connectivity index (χ3n) is 3.45. The SMILES string of the molecule is O=C(/C=C/c1cccs1)N1CCC[C@H](Oc2cnccn2)C1.